The molecule has 1 saturated carbocycles. The van der Waals surface area contributed by atoms with Gasteiger partial charge in [-0.25, -0.2) is 0 Å². The maximum Gasteiger partial charge on any atom is 0.200 e. The monoisotopic (exact) mass is 298 g/mol. The lowest BCUT2D eigenvalue weighted by atomic mass is 10.1. The molecule has 0 bridgehead atoms. The maximum absolute atomic E-state index is 10.4. The van der Waals surface area contributed by atoms with Gasteiger partial charge >= 0.3 is 0 Å². The summed E-state index contributed by atoms with van der Waals surface area (Å²) >= 11 is 6.39. The summed E-state index contributed by atoms with van der Waals surface area (Å²) in [6.45, 7) is 0.874. The molecule has 0 unspecified atom stereocenters. The molecule has 0 spiro atoms. The first-order valence-corrected chi connectivity index (χ1v) is 7.52. The third-order valence-electron chi connectivity index (χ3n) is 4.06. The average molecular weight is 299 g/mol. The largest absolute Gasteiger partial charge is 0.494 e. The second-order valence-corrected chi connectivity index (χ2v) is 6.12. The van der Waals surface area contributed by atoms with Crippen molar-refractivity contribution in [1.82, 2.24) is 9.55 Å². The van der Waals surface area contributed by atoms with Crippen LogP contribution in [-0.2, 0) is 6.54 Å². The van der Waals surface area contributed by atoms with Crippen molar-refractivity contribution in [1.29, 1.82) is 0 Å². The highest BCUT2D eigenvalue weighted by molar-refractivity contribution is 6.36. The van der Waals surface area contributed by atoms with E-state index in [4.69, 9.17) is 11.6 Å². The normalized spacial score (nSPS) is 14.7. The van der Waals surface area contributed by atoms with Crippen LogP contribution in [0.25, 0.3) is 21.9 Å². The first kappa shape index (κ1) is 12.7. The predicted octanol–water partition coefficient (Wildman–Crippen LogP) is 4.47. The van der Waals surface area contributed by atoms with Crippen molar-refractivity contribution in [3.8, 4) is 17.0 Å². The van der Waals surface area contributed by atoms with E-state index in [2.05, 4.69) is 11.1 Å². The molecule has 0 radical (unpaired) electrons. The minimum atomic E-state index is 0.277. The average Bonchev–Trinajstić information content (AvgIpc) is 3.25. The molecule has 1 fully saturated rings. The van der Waals surface area contributed by atoms with Gasteiger partial charge in [0.1, 0.15) is 0 Å². The topological polar surface area (TPSA) is 38.1 Å². The summed E-state index contributed by atoms with van der Waals surface area (Å²) in [4.78, 5) is 4.14. The molecule has 21 heavy (non-hydrogen) atoms. The van der Waals surface area contributed by atoms with E-state index in [-0.39, 0.29) is 5.88 Å². The summed E-state index contributed by atoms with van der Waals surface area (Å²) in [7, 11) is 0. The lowest BCUT2D eigenvalue weighted by Gasteiger charge is -2.04. The highest BCUT2D eigenvalue weighted by Gasteiger charge is 2.24. The molecule has 3 nitrogen and oxygen atoms in total. The third-order valence-corrected chi connectivity index (χ3v) is 4.36. The van der Waals surface area contributed by atoms with Gasteiger partial charge in [0.2, 0.25) is 5.88 Å². The van der Waals surface area contributed by atoms with Crippen molar-refractivity contribution in [2.24, 2.45) is 5.92 Å². The Labute approximate surface area is 127 Å². The molecular formula is C17H15ClN2O. The summed E-state index contributed by atoms with van der Waals surface area (Å²) in [5, 5.41) is 12.7. The van der Waals surface area contributed by atoms with Crippen molar-refractivity contribution < 1.29 is 5.11 Å². The zero-order chi connectivity index (χ0) is 14.4. The van der Waals surface area contributed by atoms with Crippen LogP contribution in [0, 0.1) is 5.92 Å². The number of benzene rings is 1. The minimum Gasteiger partial charge on any atom is -0.494 e. The number of aromatic hydroxyl groups is 1. The van der Waals surface area contributed by atoms with Gasteiger partial charge in [-0.2, -0.15) is 0 Å². The SMILES string of the molecule is Oc1c2c(Cl)cc(-c3cccnc3)cc2cn1CC1CC1. The van der Waals surface area contributed by atoms with Gasteiger partial charge in [-0.1, -0.05) is 17.7 Å². The Morgan fingerprint density at radius 2 is 2.14 bits per heavy atom. The van der Waals surface area contributed by atoms with Crippen molar-refractivity contribution in [2.75, 3.05) is 0 Å². The molecule has 0 saturated heterocycles. The predicted molar refractivity (Wildman–Crippen MR) is 84.6 cm³/mol. The summed E-state index contributed by atoms with van der Waals surface area (Å²) in [5.74, 6) is 0.980. The number of pyridine rings is 1. The molecule has 2 aromatic heterocycles. The molecule has 0 aliphatic heterocycles. The van der Waals surface area contributed by atoms with Crippen LogP contribution in [0.1, 0.15) is 12.8 Å². The van der Waals surface area contributed by atoms with E-state index >= 15 is 0 Å². The Bertz CT molecular complexity index is 807. The number of rotatable bonds is 3. The quantitative estimate of drug-likeness (QED) is 0.774. The van der Waals surface area contributed by atoms with E-state index in [1.54, 1.807) is 6.20 Å². The number of hydrogen-bond acceptors (Lipinski definition) is 2. The lowest BCUT2D eigenvalue weighted by molar-refractivity contribution is 0.415. The second kappa shape index (κ2) is 4.78. The second-order valence-electron chi connectivity index (χ2n) is 5.71. The van der Waals surface area contributed by atoms with Crippen LogP contribution in [-0.4, -0.2) is 14.7 Å². The molecule has 1 aromatic carbocycles. The minimum absolute atomic E-state index is 0.277. The molecule has 1 N–H and O–H groups in total. The number of halogens is 1. The van der Waals surface area contributed by atoms with E-state index in [0.717, 1.165) is 28.4 Å². The molecule has 2 heterocycles. The highest BCUT2D eigenvalue weighted by atomic mass is 35.5. The van der Waals surface area contributed by atoms with Gasteiger partial charge in [0, 0.05) is 36.1 Å². The zero-order valence-corrected chi connectivity index (χ0v) is 12.2. The number of hydrogen-bond donors (Lipinski definition) is 1. The Kier molecular flexibility index (Phi) is 2.89. The van der Waals surface area contributed by atoms with Crippen LogP contribution in [0.15, 0.2) is 42.9 Å². The van der Waals surface area contributed by atoms with Crippen molar-refractivity contribution in [2.45, 2.75) is 19.4 Å². The summed E-state index contributed by atoms with van der Waals surface area (Å²) in [6.07, 6.45) is 8.07. The van der Waals surface area contributed by atoms with Gasteiger partial charge in [-0.15, -0.1) is 0 Å². The van der Waals surface area contributed by atoms with Crippen LogP contribution in [0.2, 0.25) is 5.02 Å². The van der Waals surface area contributed by atoms with Gasteiger partial charge in [0.05, 0.1) is 10.4 Å². The molecule has 4 rings (SSSR count). The number of fused-ring (bicyclic) bond motifs is 1. The van der Waals surface area contributed by atoms with Gasteiger partial charge in [-0.3, -0.25) is 4.98 Å². The van der Waals surface area contributed by atoms with Gasteiger partial charge in [0.15, 0.2) is 0 Å². The third kappa shape index (κ3) is 2.28. The Balaban J connectivity index is 1.85. The Morgan fingerprint density at radius 1 is 1.29 bits per heavy atom. The zero-order valence-electron chi connectivity index (χ0n) is 11.5. The summed E-state index contributed by atoms with van der Waals surface area (Å²) in [6, 6.07) is 7.86. The Morgan fingerprint density at radius 3 is 2.86 bits per heavy atom. The molecular weight excluding hydrogens is 284 g/mol. The standard InChI is InChI=1S/C17H15ClN2O/c18-15-7-13(12-2-1-5-19-8-12)6-14-10-20(9-11-3-4-11)17(21)16(14)15/h1-2,5-8,10-11,21H,3-4,9H2. The fourth-order valence-corrected chi connectivity index (χ4v) is 3.07. The van der Waals surface area contributed by atoms with E-state index in [9.17, 15) is 5.11 Å². The first-order valence-electron chi connectivity index (χ1n) is 7.14. The molecule has 3 aromatic rings. The summed E-state index contributed by atoms with van der Waals surface area (Å²) < 4.78 is 1.92. The van der Waals surface area contributed by atoms with Crippen molar-refractivity contribution in [3.63, 3.8) is 0 Å². The molecule has 0 amide bonds. The van der Waals surface area contributed by atoms with Crippen molar-refractivity contribution in [3.05, 3.63) is 47.9 Å². The maximum atomic E-state index is 10.4. The van der Waals surface area contributed by atoms with Gasteiger partial charge < -0.3 is 9.67 Å². The fourth-order valence-electron chi connectivity index (χ4n) is 2.76. The number of nitrogens with zero attached hydrogens (tertiary/aromatic N) is 2. The molecule has 1 aliphatic carbocycles. The smallest absolute Gasteiger partial charge is 0.200 e. The molecule has 1 aliphatic rings. The van der Waals surface area contributed by atoms with Crippen LogP contribution < -0.4 is 0 Å². The van der Waals surface area contributed by atoms with Crippen LogP contribution in [0.5, 0.6) is 5.88 Å². The van der Waals surface area contributed by atoms with E-state index in [1.807, 2.05) is 35.2 Å². The molecule has 4 heteroatoms. The van der Waals surface area contributed by atoms with E-state index in [0.29, 0.717) is 10.9 Å². The van der Waals surface area contributed by atoms with Crippen molar-refractivity contribution >= 4 is 22.4 Å². The van der Waals surface area contributed by atoms with E-state index in [1.165, 1.54) is 12.8 Å². The van der Waals surface area contributed by atoms with Crippen LogP contribution in [0.3, 0.4) is 0 Å². The fraction of sp³-hybridized carbons (Fsp3) is 0.235. The van der Waals surface area contributed by atoms with Gasteiger partial charge in [0.25, 0.3) is 0 Å². The number of aromatic nitrogens is 2. The van der Waals surface area contributed by atoms with E-state index < -0.39 is 0 Å². The molecule has 0 atom stereocenters. The lowest BCUT2D eigenvalue weighted by Crippen LogP contribution is -1.96. The first-order chi connectivity index (χ1) is 10.2. The van der Waals surface area contributed by atoms with Crippen LogP contribution >= 0.6 is 11.6 Å². The Hall–Kier alpha value is -2.00. The van der Waals surface area contributed by atoms with Gasteiger partial charge in [-0.05, 0) is 42.5 Å². The summed E-state index contributed by atoms with van der Waals surface area (Å²) in [5.41, 5.74) is 2.04. The van der Waals surface area contributed by atoms with Crippen LogP contribution in [0.4, 0.5) is 0 Å². The molecule has 106 valence electrons. The highest BCUT2D eigenvalue weighted by Crippen LogP contribution is 2.39.